The average molecular weight is 367 g/mol. The molecule has 3 rings (SSSR count). The quantitative estimate of drug-likeness (QED) is 0.643. The van der Waals surface area contributed by atoms with Gasteiger partial charge in [-0.2, -0.15) is 5.10 Å². The minimum absolute atomic E-state index is 0.0301. The van der Waals surface area contributed by atoms with E-state index in [1.54, 1.807) is 26.5 Å². The number of rotatable bonds is 5. The molecule has 0 aliphatic heterocycles. The van der Waals surface area contributed by atoms with E-state index in [4.69, 9.17) is 9.47 Å². The van der Waals surface area contributed by atoms with Crippen LogP contribution in [0.4, 0.5) is 0 Å². The molecule has 2 saturated carbocycles. The Morgan fingerprint density at radius 1 is 1.36 bits per heavy atom. The van der Waals surface area contributed by atoms with Gasteiger partial charge in [0.15, 0.2) is 0 Å². The highest BCUT2D eigenvalue weighted by Crippen LogP contribution is 2.65. The van der Waals surface area contributed by atoms with Crippen molar-refractivity contribution in [3.05, 3.63) is 22.2 Å². The topological polar surface area (TPSA) is 59.9 Å². The van der Waals surface area contributed by atoms with Crippen LogP contribution < -0.4 is 14.9 Å². The molecule has 1 aromatic carbocycles. The van der Waals surface area contributed by atoms with E-state index in [0.29, 0.717) is 16.9 Å². The largest absolute Gasteiger partial charge is 0.496 e. The van der Waals surface area contributed by atoms with Crippen LogP contribution in [0, 0.1) is 11.3 Å². The van der Waals surface area contributed by atoms with Gasteiger partial charge in [0.1, 0.15) is 11.5 Å². The van der Waals surface area contributed by atoms with E-state index in [1.165, 1.54) is 19.3 Å². The summed E-state index contributed by atoms with van der Waals surface area (Å²) in [4.78, 5) is 12.0. The van der Waals surface area contributed by atoms with Crippen LogP contribution in [-0.2, 0) is 4.79 Å². The van der Waals surface area contributed by atoms with Gasteiger partial charge in [-0.25, -0.2) is 5.43 Å². The third-order valence-corrected chi connectivity index (χ3v) is 5.36. The molecule has 1 amide bonds. The maximum Gasteiger partial charge on any atom is 0.243 e. The Bertz CT molecular complexity index is 626. The number of hydrogen-bond acceptors (Lipinski definition) is 4. The summed E-state index contributed by atoms with van der Waals surface area (Å²) in [6.07, 6.45) is 6.24. The third kappa shape index (κ3) is 2.72. The van der Waals surface area contributed by atoms with Crippen LogP contribution in [0.1, 0.15) is 31.2 Å². The summed E-state index contributed by atoms with van der Waals surface area (Å²) >= 11 is 3.43. The molecule has 0 aromatic heterocycles. The van der Waals surface area contributed by atoms with E-state index in [0.717, 1.165) is 16.5 Å². The Labute approximate surface area is 138 Å². The van der Waals surface area contributed by atoms with E-state index in [1.807, 2.05) is 6.07 Å². The fraction of sp³-hybridized carbons (Fsp3) is 0.500. The summed E-state index contributed by atoms with van der Waals surface area (Å²) in [7, 11) is 3.18. The van der Waals surface area contributed by atoms with E-state index in [2.05, 4.69) is 26.5 Å². The zero-order valence-corrected chi connectivity index (χ0v) is 14.3. The number of carbonyl (C=O) groups is 1. The van der Waals surface area contributed by atoms with Crippen molar-refractivity contribution in [1.82, 2.24) is 5.43 Å². The van der Waals surface area contributed by atoms with Crippen LogP contribution >= 0.6 is 15.9 Å². The van der Waals surface area contributed by atoms with E-state index < -0.39 is 0 Å². The second kappa shape index (κ2) is 5.91. The van der Waals surface area contributed by atoms with Gasteiger partial charge in [-0.3, -0.25) is 4.79 Å². The number of nitrogens with zero attached hydrogens (tertiary/aromatic N) is 1. The number of methoxy groups -OCH3 is 2. The first kappa shape index (κ1) is 15.3. The molecular formula is C16H19BrN2O3. The molecule has 5 nitrogen and oxygen atoms in total. The first-order valence-corrected chi connectivity index (χ1v) is 8.13. The van der Waals surface area contributed by atoms with Gasteiger partial charge in [-0.15, -0.1) is 0 Å². The number of amides is 1. The predicted octanol–water partition coefficient (Wildman–Crippen LogP) is 3.11. The van der Waals surface area contributed by atoms with Crippen LogP contribution in [-0.4, -0.2) is 26.3 Å². The van der Waals surface area contributed by atoms with Crippen molar-refractivity contribution < 1.29 is 14.3 Å². The molecule has 0 heterocycles. The fourth-order valence-corrected chi connectivity index (χ4v) is 3.65. The van der Waals surface area contributed by atoms with E-state index in [-0.39, 0.29) is 11.8 Å². The molecule has 0 bridgehead atoms. The van der Waals surface area contributed by atoms with Gasteiger partial charge in [0.2, 0.25) is 5.91 Å². The van der Waals surface area contributed by atoms with Crippen LogP contribution in [0.3, 0.4) is 0 Å². The van der Waals surface area contributed by atoms with Crippen LogP contribution in [0.5, 0.6) is 11.5 Å². The van der Waals surface area contributed by atoms with Crippen LogP contribution in [0.15, 0.2) is 21.7 Å². The van der Waals surface area contributed by atoms with Gasteiger partial charge < -0.3 is 9.47 Å². The van der Waals surface area contributed by atoms with Gasteiger partial charge in [0, 0.05) is 17.5 Å². The smallest absolute Gasteiger partial charge is 0.243 e. The van der Waals surface area contributed by atoms with Gasteiger partial charge in [0.05, 0.1) is 24.9 Å². The lowest BCUT2D eigenvalue weighted by Crippen LogP contribution is -2.26. The second-order valence-corrected chi connectivity index (χ2v) is 6.79. The predicted molar refractivity (Wildman–Crippen MR) is 87.4 cm³/mol. The molecular weight excluding hydrogens is 348 g/mol. The first-order valence-electron chi connectivity index (χ1n) is 7.34. The average Bonchev–Trinajstić information content (AvgIpc) is 3.23. The molecule has 6 heteroatoms. The molecule has 1 spiro atoms. The van der Waals surface area contributed by atoms with Gasteiger partial charge in [-0.05, 0) is 46.7 Å². The van der Waals surface area contributed by atoms with Gasteiger partial charge >= 0.3 is 0 Å². The Morgan fingerprint density at radius 2 is 2.09 bits per heavy atom. The SMILES string of the molecule is COc1cc(OC)c(/C=N\NC(=O)[C@@H]2CC23CCC3)cc1Br. The first-order chi connectivity index (χ1) is 10.6. The molecule has 2 aliphatic rings. The van der Waals surface area contributed by atoms with Crippen molar-refractivity contribution in [2.45, 2.75) is 25.7 Å². The Hall–Kier alpha value is -1.56. The van der Waals surface area contributed by atoms with Crippen molar-refractivity contribution in [3.63, 3.8) is 0 Å². The highest BCUT2D eigenvalue weighted by atomic mass is 79.9. The van der Waals surface area contributed by atoms with Crippen molar-refractivity contribution in [2.75, 3.05) is 14.2 Å². The highest BCUT2D eigenvalue weighted by Gasteiger charge is 2.60. The molecule has 2 fully saturated rings. The Balaban J connectivity index is 1.65. The monoisotopic (exact) mass is 366 g/mol. The summed E-state index contributed by atoms with van der Waals surface area (Å²) in [5.41, 5.74) is 3.73. The summed E-state index contributed by atoms with van der Waals surface area (Å²) < 4.78 is 11.3. The fourth-order valence-electron chi connectivity index (χ4n) is 3.13. The number of nitrogens with one attached hydrogen (secondary N) is 1. The summed E-state index contributed by atoms with van der Waals surface area (Å²) in [5.74, 6) is 1.51. The standard InChI is InChI=1S/C16H19BrN2O3/c1-21-13-7-14(22-2)12(17)6-10(13)9-18-19-15(20)11-8-16(11)4-3-5-16/h6-7,9,11H,3-5,8H2,1-2H3,(H,19,20)/b18-9-/t11-/m0/s1. The number of hydrazone groups is 1. The maximum absolute atomic E-state index is 12.0. The molecule has 1 aromatic rings. The Morgan fingerprint density at radius 3 is 2.64 bits per heavy atom. The van der Waals surface area contributed by atoms with E-state index >= 15 is 0 Å². The molecule has 118 valence electrons. The molecule has 1 atom stereocenters. The van der Waals surface area contributed by atoms with E-state index in [9.17, 15) is 4.79 Å². The molecule has 2 aliphatic carbocycles. The van der Waals surface area contributed by atoms with Crippen molar-refractivity contribution >= 4 is 28.1 Å². The minimum atomic E-state index is 0.0301. The Kier molecular flexibility index (Phi) is 4.12. The molecule has 0 radical (unpaired) electrons. The van der Waals surface area contributed by atoms with Gasteiger partial charge in [-0.1, -0.05) is 6.42 Å². The van der Waals surface area contributed by atoms with Crippen molar-refractivity contribution in [1.29, 1.82) is 0 Å². The second-order valence-electron chi connectivity index (χ2n) is 5.94. The van der Waals surface area contributed by atoms with Crippen LogP contribution in [0.2, 0.25) is 0 Å². The number of carbonyl (C=O) groups excluding carboxylic acids is 1. The molecule has 0 saturated heterocycles. The summed E-state index contributed by atoms with van der Waals surface area (Å²) in [6, 6.07) is 3.62. The van der Waals surface area contributed by atoms with Gasteiger partial charge in [0.25, 0.3) is 0 Å². The molecule has 0 unspecified atom stereocenters. The van der Waals surface area contributed by atoms with Crippen molar-refractivity contribution in [3.8, 4) is 11.5 Å². The van der Waals surface area contributed by atoms with Crippen LogP contribution in [0.25, 0.3) is 0 Å². The number of halogens is 1. The third-order valence-electron chi connectivity index (χ3n) is 4.74. The minimum Gasteiger partial charge on any atom is -0.496 e. The number of hydrogen-bond donors (Lipinski definition) is 1. The summed E-state index contributed by atoms with van der Waals surface area (Å²) in [5, 5.41) is 4.07. The summed E-state index contributed by atoms with van der Waals surface area (Å²) in [6.45, 7) is 0. The molecule has 1 N–H and O–H groups in total. The highest BCUT2D eigenvalue weighted by molar-refractivity contribution is 9.10. The molecule has 22 heavy (non-hydrogen) atoms. The zero-order chi connectivity index (χ0) is 15.7. The zero-order valence-electron chi connectivity index (χ0n) is 12.7. The number of benzene rings is 1. The lowest BCUT2D eigenvalue weighted by Gasteiger charge is -2.25. The lowest BCUT2D eigenvalue weighted by atomic mass is 9.80. The van der Waals surface area contributed by atoms with Crippen molar-refractivity contribution in [2.24, 2.45) is 16.4 Å². The lowest BCUT2D eigenvalue weighted by molar-refractivity contribution is -0.123. The number of ether oxygens (including phenoxy) is 2. The normalized spacial score (nSPS) is 21.5. The maximum atomic E-state index is 12.0.